The number of aromatic nitrogens is 3. The van der Waals surface area contributed by atoms with Crippen molar-refractivity contribution in [3.63, 3.8) is 0 Å². The van der Waals surface area contributed by atoms with E-state index < -0.39 is 5.41 Å². The van der Waals surface area contributed by atoms with Gasteiger partial charge in [-0.05, 0) is 91.0 Å². The topological polar surface area (TPSA) is 38.7 Å². The predicted molar refractivity (Wildman–Crippen MR) is 269 cm³/mol. The zero-order valence-electron chi connectivity index (χ0n) is 36.0. The van der Waals surface area contributed by atoms with Crippen molar-refractivity contribution < 1.29 is 0 Å². The largest absolute Gasteiger partial charge is 0.208 e. The molecular weight excluding hydrogens is 807 g/mol. The summed E-state index contributed by atoms with van der Waals surface area (Å²) in [4.78, 5) is 16.0. The van der Waals surface area contributed by atoms with Crippen molar-refractivity contribution in [2.75, 3.05) is 0 Å². The minimum Gasteiger partial charge on any atom is -0.208 e. The van der Waals surface area contributed by atoms with Crippen molar-refractivity contribution in [3.8, 4) is 67.5 Å². The van der Waals surface area contributed by atoms with Crippen LogP contribution < -0.4 is 0 Å². The molecule has 0 saturated carbocycles. The number of benzene rings is 9. The molecule has 2 aliphatic carbocycles. The van der Waals surface area contributed by atoms with E-state index in [4.69, 9.17) is 15.0 Å². The van der Waals surface area contributed by atoms with Crippen molar-refractivity contribution in [2.45, 2.75) is 24.7 Å². The van der Waals surface area contributed by atoms with Crippen LogP contribution in [-0.4, -0.2) is 15.0 Å². The summed E-state index contributed by atoms with van der Waals surface area (Å²) in [5, 5.41) is 2.59. The highest BCUT2D eigenvalue weighted by molar-refractivity contribution is 7.25. The van der Waals surface area contributed by atoms with E-state index in [0.29, 0.717) is 17.5 Å². The van der Waals surface area contributed by atoms with E-state index in [-0.39, 0.29) is 5.41 Å². The third-order valence-corrected chi connectivity index (χ3v) is 15.2. The van der Waals surface area contributed by atoms with Gasteiger partial charge in [0.15, 0.2) is 17.5 Å². The van der Waals surface area contributed by atoms with Crippen LogP contribution in [0.3, 0.4) is 0 Å². The lowest BCUT2D eigenvalue weighted by Crippen LogP contribution is -2.40. The van der Waals surface area contributed by atoms with Gasteiger partial charge >= 0.3 is 0 Å². The van der Waals surface area contributed by atoms with Gasteiger partial charge in [-0.3, -0.25) is 0 Å². The standard InChI is InChI=1S/C61H41N3S/c1-60(2)49-22-10-12-24-51(49)61(52-25-13-11-23-50(52)60)48-34-32-42(43-33-35-55-46(36-43)44-20-9-14-27-54(44)65-55)37-47(48)56-45(21-15-26-53(56)61)59-63-57(40-18-7-4-8-19-40)62-58(64-59)41-30-28-39(29-31-41)38-16-5-3-6-17-38/h3-37H,1-2H3. The molecule has 13 rings (SSSR count). The summed E-state index contributed by atoms with van der Waals surface area (Å²) in [6, 6.07) is 77.3. The van der Waals surface area contributed by atoms with E-state index in [2.05, 4.69) is 208 Å². The number of hydrogen-bond acceptors (Lipinski definition) is 4. The Kier molecular flexibility index (Phi) is 8.34. The number of hydrogen-bond donors (Lipinski definition) is 0. The Morgan fingerprint density at radius 3 is 1.52 bits per heavy atom. The fourth-order valence-electron chi connectivity index (χ4n) is 11.0. The molecule has 0 atom stereocenters. The van der Waals surface area contributed by atoms with Gasteiger partial charge < -0.3 is 0 Å². The van der Waals surface area contributed by atoms with Crippen molar-refractivity contribution in [2.24, 2.45) is 0 Å². The molecule has 2 aromatic heterocycles. The summed E-state index contributed by atoms with van der Waals surface area (Å²) in [6.07, 6.45) is 0. The molecule has 0 unspecified atom stereocenters. The van der Waals surface area contributed by atoms with Gasteiger partial charge in [-0.1, -0.05) is 202 Å². The molecule has 1 spiro atoms. The molecule has 4 heteroatoms. The van der Waals surface area contributed by atoms with E-state index in [0.717, 1.165) is 27.8 Å². The van der Waals surface area contributed by atoms with E-state index in [1.165, 1.54) is 75.8 Å². The first kappa shape index (κ1) is 37.7. The predicted octanol–water partition coefficient (Wildman–Crippen LogP) is 15.6. The molecule has 2 heterocycles. The summed E-state index contributed by atoms with van der Waals surface area (Å²) in [7, 11) is 0. The summed E-state index contributed by atoms with van der Waals surface area (Å²) >= 11 is 1.86. The Bertz CT molecular complexity index is 3630. The molecule has 0 fully saturated rings. The van der Waals surface area contributed by atoms with Gasteiger partial charge in [-0.15, -0.1) is 11.3 Å². The maximum Gasteiger partial charge on any atom is 0.164 e. The van der Waals surface area contributed by atoms with Crippen LogP contribution in [0.4, 0.5) is 0 Å². The minimum atomic E-state index is -0.583. The molecular formula is C61H41N3S. The van der Waals surface area contributed by atoms with E-state index >= 15 is 0 Å². The van der Waals surface area contributed by atoms with Crippen LogP contribution in [0.1, 0.15) is 47.2 Å². The summed E-state index contributed by atoms with van der Waals surface area (Å²) < 4.78 is 2.61. The molecule has 65 heavy (non-hydrogen) atoms. The lowest BCUT2D eigenvalue weighted by Gasteiger charge is -2.46. The molecule has 0 saturated heterocycles. The minimum absolute atomic E-state index is 0.207. The summed E-state index contributed by atoms with van der Waals surface area (Å²) in [6.45, 7) is 4.75. The highest BCUT2D eigenvalue weighted by Crippen LogP contribution is 2.63. The molecule has 3 nitrogen and oxygen atoms in total. The summed E-state index contributed by atoms with van der Waals surface area (Å²) in [5.74, 6) is 1.93. The second-order valence-corrected chi connectivity index (χ2v) is 19.0. The quantitative estimate of drug-likeness (QED) is 0.173. The van der Waals surface area contributed by atoms with E-state index in [1.54, 1.807) is 0 Å². The van der Waals surface area contributed by atoms with Crippen molar-refractivity contribution >= 4 is 31.5 Å². The second-order valence-electron chi connectivity index (χ2n) is 17.9. The normalized spacial score (nSPS) is 13.9. The molecule has 306 valence electrons. The maximum atomic E-state index is 5.41. The lowest BCUT2D eigenvalue weighted by molar-refractivity contribution is 0.563. The molecule has 0 N–H and O–H groups in total. The Hall–Kier alpha value is -7.79. The first-order chi connectivity index (χ1) is 32.0. The van der Waals surface area contributed by atoms with Crippen LogP contribution in [0.15, 0.2) is 212 Å². The lowest BCUT2D eigenvalue weighted by atomic mass is 9.55. The van der Waals surface area contributed by atoms with Crippen LogP contribution in [0.5, 0.6) is 0 Å². The van der Waals surface area contributed by atoms with Gasteiger partial charge in [-0.25, -0.2) is 15.0 Å². The van der Waals surface area contributed by atoms with Gasteiger partial charge in [-0.2, -0.15) is 0 Å². The molecule has 0 aliphatic heterocycles. The van der Waals surface area contributed by atoms with Gasteiger partial charge in [0.25, 0.3) is 0 Å². The third-order valence-electron chi connectivity index (χ3n) is 14.0. The third kappa shape index (κ3) is 5.64. The number of nitrogens with zero attached hydrogens (tertiary/aromatic N) is 3. The van der Waals surface area contributed by atoms with Gasteiger partial charge in [0.05, 0.1) is 5.41 Å². The van der Waals surface area contributed by atoms with Crippen LogP contribution in [-0.2, 0) is 10.8 Å². The highest BCUT2D eigenvalue weighted by atomic mass is 32.1. The Labute approximate surface area is 382 Å². The fourth-order valence-corrected chi connectivity index (χ4v) is 12.1. The van der Waals surface area contributed by atoms with Crippen molar-refractivity contribution in [1.82, 2.24) is 15.0 Å². The molecule has 0 amide bonds. The average molecular weight is 848 g/mol. The number of rotatable bonds is 5. The first-order valence-electron chi connectivity index (χ1n) is 22.3. The van der Waals surface area contributed by atoms with Crippen LogP contribution in [0.25, 0.3) is 87.7 Å². The van der Waals surface area contributed by atoms with Crippen LogP contribution in [0, 0.1) is 0 Å². The smallest absolute Gasteiger partial charge is 0.164 e. The molecule has 9 aromatic carbocycles. The maximum absolute atomic E-state index is 5.41. The number of thiophene rings is 1. The second kappa shape index (κ2) is 14.4. The fraction of sp³-hybridized carbons (Fsp3) is 0.0656. The Balaban J connectivity index is 1.08. The van der Waals surface area contributed by atoms with E-state index in [9.17, 15) is 0 Å². The number of fused-ring (bicyclic) bond motifs is 12. The molecule has 2 aliphatic rings. The SMILES string of the molecule is CC1(C)c2ccccc2C2(c3ccc(-c4ccc5sc6ccccc6c5c4)cc3-c3c(-c4nc(-c5ccccc5)nc(-c5ccc(-c6ccccc6)cc5)n4)cccc32)c2ccccc21. The van der Waals surface area contributed by atoms with Crippen LogP contribution >= 0.6 is 11.3 Å². The molecule has 0 radical (unpaired) electrons. The van der Waals surface area contributed by atoms with Gasteiger partial charge in [0.1, 0.15) is 0 Å². The Morgan fingerprint density at radius 2 is 0.815 bits per heavy atom. The zero-order chi connectivity index (χ0) is 43.3. The summed E-state index contributed by atoms with van der Waals surface area (Å²) in [5.41, 5.74) is 17.0. The van der Waals surface area contributed by atoms with E-state index in [1.807, 2.05) is 29.5 Å². The first-order valence-corrected chi connectivity index (χ1v) is 23.2. The average Bonchev–Trinajstić information content (AvgIpc) is 3.89. The molecule has 0 bridgehead atoms. The highest BCUT2D eigenvalue weighted by Gasteiger charge is 2.54. The Morgan fingerprint density at radius 1 is 0.323 bits per heavy atom. The van der Waals surface area contributed by atoms with Crippen LogP contribution in [0.2, 0.25) is 0 Å². The van der Waals surface area contributed by atoms with Crippen molar-refractivity contribution in [1.29, 1.82) is 0 Å². The van der Waals surface area contributed by atoms with Gasteiger partial charge in [0.2, 0.25) is 0 Å². The van der Waals surface area contributed by atoms with Gasteiger partial charge in [0, 0.05) is 42.3 Å². The van der Waals surface area contributed by atoms with Crippen molar-refractivity contribution in [3.05, 3.63) is 246 Å². The zero-order valence-corrected chi connectivity index (χ0v) is 36.8. The molecule has 11 aromatic rings. The monoisotopic (exact) mass is 847 g/mol.